The molecule has 1 aromatic heterocycles. The van der Waals surface area contributed by atoms with E-state index in [1.165, 1.54) is 6.07 Å². The van der Waals surface area contributed by atoms with Crippen molar-refractivity contribution in [1.29, 1.82) is 0 Å². The van der Waals surface area contributed by atoms with Crippen LogP contribution in [0.15, 0.2) is 33.9 Å². The topological polar surface area (TPSA) is 95.1 Å². The summed E-state index contributed by atoms with van der Waals surface area (Å²) in [7, 11) is -3.69. The number of hydrogen-bond acceptors (Lipinski definition) is 4. The zero-order valence-corrected chi connectivity index (χ0v) is 13.1. The zero-order valence-electron chi connectivity index (χ0n) is 10.7. The van der Waals surface area contributed by atoms with Crippen LogP contribution < -0.4 is 4.72 Å². The van der Waals surface area contributed by atoms with Gasteiger partial charge in [-0.1, -0.05) is 6.07 Å². The first-order valence-corrected chi connectivity index (χ1v) is 8.09. The van der Waals surface area contributed by atoms with Crippen molar-refractivity contribution in [2.24, 2.45) is 0 Å². The van der Waals surface area contributed by atoms with E-state index in [2.05, 4.69) is 30.6 Å². The molecule has 0 amide bonds. The molecule has 0 aliphatic rings. The van der Waals surface area contributed by atoms with Gasteiger partial charge in [0, 0.05) is 16.9 Å². The van der Waals surface area contributed by atoms with Crippen LogP contribution in [0.3, 0.4) is 0 Å². The lowest BCUT2D eigenvalue weighted by Crippen LogP contribution is -2.24. The summed E-state index contributed by atoms with van der Waals surface area (Å²) in [6.07, 6.45) is 3.17. The van der Waals surface area contributed by atoms with E-state index in [1.54, 1.807) is 25.4 Å². The van der Waals surface area contributed by atoms with Gasteiger partial charge in [-0.2, -0.15) is 0 Å². The highest BCUT2D eigenvalue weighted by Gasteiger charge is 2.20. The number of H-pyrrole nitrogens is 1. The highest BCUT2D eigenvalue weighted by molar-refractivity contribution is 9.10. The summed E-state index contributed by atoms with van der Waals surface area (Å²) in [5.41, 5.74) is 1.29. The van der Waals surface area contributed by atoms with Gasteiger partial charge < -0.3 is 10.1 Å². The summed E-state index contributed by atoms with van der Waals surface area (Å²) in [6.45, 7) is 1.63. The summed E-state index contributed by atoms with van der Waals surface area (Å²) in [4.78, 5) is 6.88. The van der Waals surface area contributed by atoms with Crippen molar-refractivity contribution in [1.82, 2.24) is 14.7 Å². The molecule has 0 saturated carbocycles. The minimum atomic E-state index is -3.69. The van der Waals surface area contributed by atoms with E-state index in [0.717, 1.165) is 5.56 Å². The molecule has 108 valence electrons. The van der Waals surface area contributed by atoms with Crippen LogP contribution in [0.1, 0.15) is 17.0 Å². The average Bonchev–Trinajstić information content (AvgIpc) is 2.92. The summed E-state index contributed by atoms with van der Waals surface area (Å²) < 4.78 is 27.6. The van der Waals surface area contributed by atoms with Gasteiger partial charge in [0.15, 0.2) is 0 Å². The standard InChI is InChI=1S/C12H14BrN3O3S/c1-8-4-9(7-17)5-10(12(8)13)20(18,19)16-6-11-14-2-3-15-11/h2-5,16-17H,6-7H2,1H3,(H,14,15). The molecule has 20 heavy (non-hydrogen) atoms. The van der Waals surface area contributed by atoms with Crippen LogP contribution in [0.25, 0.3) is 0 Å². The Morgan fingerprint density at radius 1 is 1.45 bits per heavy atom. The molecule has 0 unspecified atom stereocenters. The number of aromatic amines is 1. The van der Waals surface area contributed by atoms with E-state index in [0.29, 0.717) is 15.9 Å². The SMILES string of the molecule is Cc1cc(CO)cc(S(=O)(=O)NCc2ncc[nH]2)c1Br. The quantitative estimate of drug-likeness (QED) is 0.752. The van der Waals surface area contributed by atoms with Crippen molar-refractivity contribution >= 4 is 26.0 Å². The van der Waals surface area contributed by atoms with Crippen LogP contribution in [-0.4, -0.2) is 23.5 Å². The highest BCUT2D eigenvalue weighted by atomic mass is 79.9. The number of aliphatic hydroxyl groups excluding tert-OH is 1. The highest BCUT2D eigenvalue weighted by Crippen LogP contribution is 2.27. The van der Waals surface area contributed by atoms with E-state index in [4.69, 9.17) is 0 Å². The van der Waals surface area contributed by atoms with Gasteiger partial charge in [-0.05, 0) is 40.0 Å². The normalized spacial score (nSPS) is 11.8. The molecule has 3 N–H and O–H groups in total. The van der Waals surface area contributed by atoms with Crippen LogP contribution in [0.2, 0.25) is 0 Å². The molecule has 1 aromatic carbocycles. The Hall–Kier alpha value is -1.22. The van der Waals surface area contributed by atoms with Gasteiger partial charge in [0.1, 0.15) is 5.82 Å². The van der Waals surface area contributed by atoms with Crippen molar-refractivity contribution in [3.63, 3.8) is 0 Å². The molecule has 0 aliphatic carbocycles. The molecule has 1 heterocycles. The third-order valence-corrected chi connectivity index (χ3v) is 5.48. The lowest BCUT2D eigenvalue weighted by atomic mass is 10.1. The number of sulfonamides is 1. The number of aliphatic hydroxyl groups is 1. The number of imidazole rings is 1. The molecular weight excluding hydrogens is 346 g/mol. The van der Waals surface area contributed by atoms with Crippen molar-refractivity contribution in [2.75, 3.05) is 0 Å². The van der Waals surface area contributed by atoms with E-state index in [9.17, 15) is 13.5 Å². The number of halogens is 1. The Labute approximate surface area is 125 Å². The number of benzene rings is 1. The summed E-state index contributed by atoms with van der Waals surface area (Å²) >= 11 is 3.27. The maximum atomic E-state index is 12.3. The molecule has 8 heteroatoms. The van der Waals surface area contributed by atoms with Crippen LogP contribution in [0.5, 0.6) is 0 Å². The van der Waals surface area contributed by atoms with Gasteiger partial charge in [0.25, 0.3) is 0 Å². The fourth-order valence-corrected chi connectivity index (χ4v) is 3.79. The summed E-state index contributed by atoms with van der Waals surface area (Å²) in [5.74, 6) is 0.528. The van der Waals surface area contributed by atoms with Gasteiger partial charge in [0.2, 0.25) is 10.0 Å². The third kappa shape index (κ3) is 3.26. The summed E-state index contributed by atoms with van der Waals surface area (Å²) in [5, 5.41) is 9.18. The zero-order chi connectivity index (χ0) is 14.8. The molecule has 0 radical (unpaired) electrons. The maximum Gasteiger partial charge on any atom is 0.242 e. The minimum Gasteiger partial charge on any atom is -0.392 e. The van der Waals surface area contributed by atoms with E-state index >= 15 is 0 Å². The molecule has 2 rings (SSSR count). The lowest BCUT2D eigenvalue weighted by Gasteiger charge is -2.11. The van der Waals surface area contributed by atoms with E-state index in [-0.39, 0.29) is 18.0 Å². The van der Waals surface area contributed by atoms with E-state index < -0.39 is 10.0 Å². The lowest BCUT2D eigenvalue weighted by molar-refractivity contribution is 0.281. The number of aryl methyl sites for hydroxylation is 1. The molecule has 6 nitrogen and oxygen atoms in total. The van der Waals surface area contributed by atoms with Crippen LogP contribution >= 0.6 is 15.9 Å². The molecule has 0 aliphatic heterocycles. The number of hydrogen-bond donors (Lipinski definition) is 3. The predicted molar refractivity (Wildman–Crippen MR) is 77.4 cm³/mol. The second-order valence-corrected chi connectivity index (χ2v) is 6.77. The molecule has 0 atom stereocenters. The third-order valence-electron chi connectivity index (χ3n) is 2.74. The Bertz CT molecular complexity index is 699. The number of nitrogens with one attached hydrogen (secondary N) is 2. The number of nitrogens with zero attached hydrogens (tertiary/aromatic N) is 1. The van der Waals surface area contributed by atoms with Crippen molar-refractivity contribution in [3.8, 4) is 0 Å². The van der Waals surface area contributed by atoms with Gasteiger partial charge in [-0.15, -0.1) is 0 Å². The molecular formula is C12H14BrN3O3S. The van der Waals surface area contributed by atoms with Crippen molar-refractivity contribution in [3.05, 3.63) is 46.0 Å². The smallest absolute Gasteiger partial charge is 0.242 e. The fourth-order valence-electron chi connectivity index (χ4n) is 1.73. The Kier molecular flexibility index (Phi) is 4.59. The first-order chi connectivity index (χ1) is 9.44. The maximum absolute atomic E-state index is 12.3. The monoisotopic (exact) mass is 359 g/mol. The molecule has 2 aromatic rings. The number of aromatic nitrogens is 2. The van der Waals surface area contributed by atoms with Gasteiger partial charge in [-0.25, -0.2) is 18.1 Å². The van der Waals surface area contributed by atoms with Gasteiger partial charge in [-0.3, -0.25) is 0 Å². The second-order valence-electron chi connectivity index (χ2n) is 4.24. The Balaban J connectivity index is 2.31. The minimum absolute atomic E-state index is 0.0736. The predicted octanol–water partition coefficient (Wildman–Crippen LogP) is 1.45. The Morgan fingerprint density at radius 3 is 2.80 bits per heavy atom. The first-order valence-electron chi connectivity index (χ1n) is 5.82. The summed E-state index contributed by atoms with van der Waals surface area (Å²) in [6, 6.07) is 3.18. The van der Waals surface area contributed by atoms with Crippen molar-refractivity contribution < 1.29 is 13.5 Å². The molecule has 0 spiro atoms. The van der Waals surface area contributed by atoms with Crippen LogP contribution in [0.4, 0.5) is 0 Å². The average molecular weight is 360 g/mol. The first kappa shape index (κ1) is 15.2. The van der Waals surface area contributed by atoms with Gasteiger partial charge in [0.05, 0.1) is 18.0 Å². The van der Waals surface area contributed by atoms with Crippen molar-refractivity contribution in [2.45, 2.75) is 25.0 Å². The Morgan fingerprint density at radius 2 is 2.20 bits per heavy atom. The molecule has 0 fully saturated rings. The van der Waals surface area contributed by atoms with Crippen LogP contribution in [-0.2, 0) is 23.2 Å². The van der Waals surface area contributed by atoms with Gasteiger partial charge >= 0.3 is 0 Å². The largest absolute Gasteiger partial charge is 0.392 e. The molecule has 0 bridgehead atoms. The number of rotatable bonds is 5. The van der Waals surface area contributed by atoms with Crippen LogP contribution in [0, 0.1) is 6.92 Å². The van der Waals surface area contributed by atoms with E-state index in [1.807, 2.05) is 0 Å². The molecule has 0 saturated heterocycles. The second kappa shape index (κ2) is 6.04. The fraction of sp³-hybridized carbons (Fsp3) is 0.250.